The topological polar surface area (TPSA) is 53.1 Å². The van der Waals surface area contributed by atoms with Crippen molar-refractivity contribution < 1.29 is 4.74 Å². The molecule has 2 N–H and O–H groups in total. The minimum absolute atomic E-state index is 0.211. The number of benzene rings is 1. The Morgan fingerprint density at radius 1 is 1.53 bits per heavy atom. The van der Waals surface area contributed by atoms with E-state index in [0.29, 0.717) is 0 Å². The summed E-state index contributed by atoms with van der Waals surface area (Å²) in [6.07, 6.45) is 0.872. The lowest BCUT2D eigenvalue weighted by Gasteiger charge is -2.03. The Kier molecular flexibility index (Phi) is 1.73. The standard InChI is InChI=1S/C11H13N3O/c1-15-8-2-3-9-10(5-8)14-6-7(12)4-11(14)13-9/h2-3,5,7H,4,6,12H2,1H3. The molecule has 0 amide bonds. The molecule has 1 aliphatic rings. The fourth-order valence-corrected chi connectivity index (χ4v) is 2.17. The molecule has 3 rings (SSSR count). The molecule has 0 aliphatic carbocycles. The second-order valence-electron chi connectivity index (χ2n) is 3.96. The molecule has 1 unspecified atom stereocenters. The first-order valence-corrected chi connectivity index (χ1v) is 5.06. The Labute approximate surface area is 87.7 Å². The van der Waals surface area contributed by atoms with Crippen LogP contribution in [0.3, 0.4) is 0 Å². The van der Waals surface area contributed by atoms with Crippen LogP contribution >= 0.6 is 0 Å². The molecule has 78 valence electrons. The molecule has 0 radical (unpaired) electrons. The third-order valence-corrected chi connectivity index (χ3v) is 2.90. The molecule has 1 aromatic heterocycles. The molecule has 0 saturated heterocycles. The summed E-state index contributed by atoms with van der Waals surface area (Å²) in [6, 6.07) is 6.16. The maximum Gasteiger partial charge on any atom is 0.121 e. The summed E-state index contributed by atoms with van der Waals surface area (Å²) in [7, 11) is 1.67. The summed E-state index contributed by atoms with van der Waals surface area (Å²) in [4.78, 5) is 4.55. The van der Waals surface area contributed by atoms with Crippen LogP contribution in [0.15, 0.2) is 18.2 Å². The van der Waals surface area contributed by atoms with Gasteiger partial charge in [0.2, 0.25) is 0 Å². The van der Waals surface area contributed by atoms with Crippen molar-refractivity contribution in [3.8, 4) is 5.75 Å². The normalized spacial score (nSPS) is 19.5. The number of imidazole rings is 1. The number of rotatable bonds is 1. The number of methoxy groups -OCH3 is 1. The first kappa shape index (κ1) is 8.73. The molecular weight excluding hydrogens is 190 g/mol. The Bertz CT molecular complexity index is 518. The molecule has 0 saturated carbocycles. The van der Waals surface area contributed by atoms with Crippen LogP contribution in [0.5, 0.6) is 5.75 Å². The highest BCUT2D eigenvalue weighted by Crippen LogP contribution is 2.25. The fourth-order valence-electron chi connectivity index (χ4n) is 2.17. The van der Waals surface area contributed by atoms with Crippen LogP contribution in [0.1, 0.15) is 5.82 Å². The summed E-state index contributed by atoms with van der Waals surface area (Å²) in [6.45, 7) is 0.860. The average molecular weight is 203 g/mol. The zero-order valence-corrected chi connectivity index (χ0v) is 8.60. The lowest BCUT2D eigenvalue weighted by atomic mass is 10.2. The first-order valence-electron chi connectivity index (χ1n) is 5.06. The van der Waals surface area contributed by atoms with E-state index in [-0.39, 0.29) is 6.04 Å². The summed E-state index contributed by atoms with van der Waals surface area (Å²) in [5.74, 6) is 1.96. The number of fused-ring (bicyclic) bond motifs is 3. The lowest BCUT2D eigenvalue weighted by Crippen LogP contribution is -2.20. The van der Waals surface area contributed by atoms with Crippen LogP contribution in [0.2, 0.25) is 0 Å². The molecule has 1 aromatic carbocycles. The molecule has 4 heteroatoms. The van der Waals surface area contributed by atoms with Crippen molar-refractivity contribution >= 4 is 11.0 Å². The van der Waals surface area contributed by atoms with Gasteiger partial charge in [-0.1, -0.05) is 0 Å². The van der Waals surface area contributed by atoms with Gasteiger partial charge in [0, 0.05) is 25.1 Å². The largest absolute Gasteiger partial charge is 0.497 e. The molecular formula is C11H13N3O. The molecule has 0 spiro atoms. The van der Waals surface area contributed by atoms with Gasteiger partial charge >= 0.3 is 0 Å². The SMILES string of the molecule is COc1ccc2nc3n(c2c1)CC(N)C3. The smallest absolute Gasteiger partial charge is 0.121 e. The van der Waals surface area contributed by atoms with Gasteiger partial charge in [-0.3, -0.25) is 0 Å². The molecule has 2 aromatic rings. The highest BCUT2D eigenvalue weighted by molar-refractivity contribution is 5.78. The van der Waals surface area contributed by atoms with Crippen molar-refractivity contribution in [1.82, 2.24) is 9.55 Å². The fraction of sp³-hybridized carbons (Fsp3) is 0.364. The van der Waals surface area contributed by atoms with Crippen molar-refractivity contribution in [3.63, 3.8) is 0 Å². The van der Waals surface area contributed by atoms with Gasteiger partial charge < -0.3 is 15.0 Å². The molecule has 1 aliphatic heterocycles. The zero-order chi connectivity index (χ0) is 10.4. The van der Waals surface area contributed by atoms with E-state index in [4.69, 9.17) is 10.5 Å². The van der Waals surface area contributed by atoms with Crippen LogP contribution in [-0.2, 0) is 13.0 Å². The molecule has 15 heavy (non-hydrogen) atoms. The van der Waals surface area contributed by atoms with Crippen LogP contribution in [0.25, 0.3) is 11.0 Å². The third kappa shape index (κ3) is 1.22. The minimum Gasteiger partial charge on any atom is -0.497 e. The van der Waals surface area contributed by atoms with Gasteiger partial charge in [-0.25, -0.2) is 4.98 Å². The van der Waals surface area contributed by atoms with E-state index in [1.807, 2.05) is 18.2 Å². The maximum absolute atomic E-state index is 5.90. The van der Waals surface area contributed by atoms with Gasteiger partial charge in [-0.05, 0) is 12.1 Å². The molecule has 4 nitrogen and oxygen atoms in total. The summed E-state index contributed by atoms with van der Waals surface area (Å²) in [5.41, 5.74) is 8.05. The van der Waals surface area contributed by atoms with Gasteiger partial charge in [0.15, 0.2) is 0 Å². The molecule has 2 heterocycles. The van der Waals surface area contributed by atoms with E-state index in [1.54, 1.807) is 7.11 Å². The summed E-state index contributed by atoms with van der Waals surface area (Å²) in [5, 5.41) is 0. The number of hydrogen-bond donors (Lipinski definition) is 1. The van der Waals surface area contributed by atoms with Crippen LogP contribution in [0.4, 0.5) is 0 Å². The van der Waals surface area contributed by atoms with Gasteiger partial charge in [-0.2, -0.15) is 0 Å². The number of nitrogens with zero attached hydrogens (tertiary/aromatic N) is 2. The average Bonchev–Trinajstić information content (AvgIpc) is 2.73. The Morgan fingerprint density at radius 2 is 2.40 bits per heavy atom. The molecule has 0 bridgehead atoms. The van der Waals surface area contributed by atoms with Crippen molar-refractivity contribution in [2.24, 2.45) is 5.73 Å². The van der Waals surface area contributed by atoms with Crippen molar-refractivity contribution in [1.29, 1.82) is 0 Å². The van der Waals surface area contributed by atoms with E-state index in [9.17, 15) is 0 Å². The summed E-state index contributed by atoms with van der Waals surface area (Å²) >= 11 is 0. The van der Waals surface area contributed by atoms with Gasteiger partial charge in [0.1, 0.15) is 11.6 Å². The van der Waals surface area contributed by atoms with Gasteiger partial charge in [0.05, 0.1) is 18.1 Å². The molecule has 0 fully saturated rings. The molecule has 1 atom stereocenters. The highest BCUT2D eigenvalue weighted by Gasteiger charge is 2.21. The van der Waals surface area contributed by atoms with Gasteiger partial charge in [0.25, 0.3) is 0 Å². The van der Waals surface area contributed by atoms with Crippen molar-refractivity contribution in [2.75, 3.05) is 7.11 Å². The predicted octanol–water partition coefficient (Wildman–Crippen LogP) is 0.928. The van der Waals surface area contributed by atoms with Gasteiger partial charge in [-0.15, -0.1) is 0 Å². The van der Waals surface area contributed by atoms with Crippen molar-refractivity contribution in [2.45, 2.75) is 19.0 Å². The number of nitrogens with two attached hydrogens (primary N) is 1. The van der Waals surface area contributed by atoms with E-state index < -0.39 is 0 Å². The number of aromatic nitrogens is 2. The maximum atomic E-state index is 5.90. The Morgan fingerprint density at radius 3 is 3.20 bits per heavy atom. The number of hydrogen-bond acceptors (Lipinski definition) is 3. The second-order valence-corrected chi connectivity index (χ2v) is 3.96. The Hall–Kier alpha value is -1.55. The quantitative estimate of drug-likeness (QED) is 0.750. The van der Waals surface area contributed by atoms with E-state index in [0.717, 1.165) is 35.6 Å². The van der Waals surface area contributed by atoms with Crippen LogP contribution < -0.4 is 10.5 Å². The first-order chi connectivity index (χ1) is 7.28. The third-order valence-electron chi connectivity index (χ3n) is 2.90. The van der Waals surface area contributed by atoms with E-state index in [1.165, 1.54) is 0 Å². The Balaban J connectivity index is 2.22. The predicted molar refractivity (Wildman–Crippen MR) is 58.0 cm³/mol. The van der Waals surface area contributed by atoms with Crippen molar-refractivity contribution in [3.05, 3.63) is 24.0 Å². The van der Waals surface area contributed by atoms with E-state index in [2.05, 4.69) is 9.55 Å². The highest BCUT2D eigenvalue weighted by atomic mass is 16.5. The zero-order valence-electron chi connectivity index (χ0n) is 8.60. The lowest BCUT2D eigenvalue weighted by molar-refractivity contribution is 0.415. The minimum atomic E-state index is 0.211. The number of ether oxygens (including phenoxy) is 1. The summed E-state index contributed by atoms with van der Waals surface area (Å²) < 4.78 is 7.39. The van der Waals surface area contributed by atoms with Crippen LogP contribution in [-0.4, -0.2) is 22.7 Å². The van der Waals surface area contributed by atoms with E-state index >= 15 is 0 Å². The van der Waals surface area contributed by atoms with Crippen LogP contribution in [0, 0.1) is 0 Å². The second kappa shape index (κ2) is 2.97. The monoisotopic (exact) mass is 203 g/mol.